The normalized spacial score (nSPS) is 7.72. The number of rotatable bonds is 6. The average molecular weight is 425 g/mol. The lowest BCUT2D eigenvalue weighted by molar-refractivity contribution is -0.137. The van der Waals surface area contributed by atoms with Crippen molar-refractivity contribution in [2.24, 2.45) is 11.5 Å². The Hall–Kier alpha value is -3.38. The second-order valence-electron chi connectivity index (χ2n) is 5.07. The van der Waals surface area contributed by atoms with Crippen LogP contribution in [0.3, 0.4) is 0 Å². The van der Waals surface area contributed by atoms with Gasteiger partial charge in [-0.25, -0.2) is 0 Å². The summed E-state index contributed by atoms with van der Waals surface area (Å²) in [5.41, 5.74) is 9.49. The van der Waals surface area contributed by atoms with Crippen molar-refractivity contribution in [3.8, 4) is 0 Å². The van der Waals surface area contributed by atoms with Crippen LogP contribution < -0.4 is 16.8 Å². The lowest BCUT2D eigenvalue weighted by Crippen LogP contribution is -2.39. The molecule has 13 nitrogen and oxygen atoms in total. The summed E-state index contributed by atoms with van der Waals surface area (Å²) in [5.74, 6) is -3.79. The summed E-state index contributed by atoms with van der Waals surface area (Å²) in [6, 6.07) is 0. The van der Waals surface area contributed by atoms with Gasteiger partial charge in [0.1, 0.15) is 0 Å². The van der Waals surface area contributed by atoms with E-state index < -0.39 is 23.9 Å². The van der Waals surface area contributed by atoms with Crippen molar-refractivity contribution >= 4 is 35.8 Å². The van der Waals surface area contributed by atoms with Crippen LogP contribution in [-0.4, -0.2) is 56.2 Å². The molecule has 0 aromatic carbocycles. The van der Waals surface area contributed by atoms with Gasteiger partial charge in [-0.3, -0.25) is 35.3 Å². The Morgan fingerprint density at radius 1 is 0.724 bits per heavy atom. The third-order valence-corrected chi connectivity index (χ3v) is 1.76. The summed E-state index contributed by atoms with van der Waals surface area (Å²) in [5, 5.41) is 45.5. The predicted octanol–water partition coefficient (Wildman–Crippen LogP) is 1.07. The first kappa shape index (κ1) is 36.5. The molecule has 0 unspecified atom stereocenters. The minimum absolute atomic E-state index is 0.312. The molecule has 0 saturated heterocycles. The second-order valence-corrected chi connectivity index (χ2v) is 5.07. The Labute approximate surface area is 170 Å². The van der Waals surface area contributed by atoms with Crippen molar-refractivity contribution in [3.05, 3.63) is 0 Å². The fourth-order valence-corrected chi connectivity index (χ4v) is 1.02. The standard InChI is InChI=1S/C8H16O2.C2H7N5.3C2H4O2/c1-2-3-4-5-6-7-8(9)10;3-1(4)7-2(5)6;3*1-2(3)4/h2-7H2,1H3,(H,9,10);(H7,3,4,5,6,7);3*1H3,(H,3,4). The summed E-state index contributed by atoms with van der Waals surface area (Å²) in [6.07, 6.45) is 5.88. The molecular formula is C16H35N5O8. The van der Waals surface area contributed by atoms with Gasteiger partial charge < -0.3 is 31.9 Å². The average Bonchev–Trinajstić information content (AvgIpc) is 2.44. The van der Waals surface area contributed by atoms with Crippen LogP contribution in [-0.2, 0) is 19.2 Å². The van der Waals surface area contributed by atoms with Gasteiger partial charge in [0.25, 0.3) is 17.9 Å². The van der Waals surface area contributed by atoms with Crippen molar-refractivity contribution in [2.45, 2.75) is 66.2 Å². The second kappa shape index (κ2) is 29.4. The molecular weight excluding hydrogens is 390 g/mol. The van der Waals surface area contributed by atoms with Gasteiger partial charge in [-0.1, -0.05) is 32.6 Å². The molecule has 13 heteroatoms. The quantitative estimate of drug-likeness (QED) is 0.165. The fourth-order valence-electron chi connectivity index (χ4n) is 1.02. The summed E-state index contributed by atoms with van der Waals surface area (Å²) in [6.45, 7) is 5.40. The Kier molecular flexibility index (Phi) is 37.0. The first-order valence-corrected chi connectivity index (χ1v) is 8.35. The van der Waals surface area contributed by atoms with Gasteiger partial charge in [0.05, 0.1) is 0 Å². The van der Waals surface area contributed by atoms with E-state index in [-0.39, 0.29) is 11.9 Å². The third-order valence-electron chi connectivity index (χ3n) is 1.76. The monoisotopic (exact) mass is 425 g/mol. The van der Waals surface area contributed by atoms with Gasteiger partial charge in [0, 0.05) is 27.2 Å². The zero-order valence-corrected chi connectivity index (χ0v) is 17.3. The highest BCUT2D eigenvalue weighted by molar-refractivity contribution is 5.93. The molecule has 0 aliphatic rings. The molecule has 0 aromatic rings. The minimum atomic E-state index is -0.833. The van der Waals surface area contributed by atoms with E-state index in [1.54, 1.807) is 0 Å². The van der Waals surface area contributed by atoms with E-state index in [1.165, 1.54) is 19.3 Å². The molecule has 0 aliphatic carbocycles. The third kappa shape index (κ3) is 217. The summed E-state index contributed by atoms with van der Waals surface area (Å²) >= 11 is 0. The largest absolute Gasteiger partial charge is 0.481 e. The number of aliphatic carboxylic acids is 4. The SMILES string of the molecule is CC(=O)O.CC(=O)O.CC(=O)O.CCCCCCCC(=O)O.N=C(N)NC(=N)N. The highest BCUT2D eigenvalue weighted by Gasteiger charge is 1.94. The maximum atomic E-state index is 10.0. The van der Waals surface area contributed by atoms with Crippen LogP contribution in [0.1, 0.15) is 66.2 Å². The van der Waals surface area contributed by atoms with Gasteiger partial charge in [0.15, 0.2) is 11.9 Å². The summed E-state index contributed by atoms with van der Waals surface area (Å²) in [4.78, 5) is 37.0. The van der Waals surface area contributed by atoms with Crippen LogP contribution in [0.2, 0.25) is 0 Å². The highest BCUT2D eigenvalue weighted by atomic mass is 16.4. The van der Waals surface area contributed by atoms with Gasteiger partial charge in [0.2, 0.25) is 0 Å². The number of guanidine groups is 2. The molecule has 0 bridgehead atoms. The molecule has 0 saturated carbocycles. The number of unbranched alkanes of at least 4 members (excludes halogenated alkanes) is 4. The zero-order chi connectivity index (χ0) is 24.4. The molecule has 0 amide bonds. The van der Waals surface area contributed by atoms with Crippen LogP contribution in [0.5, 0.6) is 0 Å². The molecule has 0 fully saturated rings. The summed E-state index contributed by atoms with van der Waals surface area (Å²) < 4.78 is 0. The Morgan fingerprint density at radius 2 is 1.00 bits per heavy atom. The Balaban J connectivity index is -0.0000000885. The van der Waals surface area contributed by atoms with E-state index in [9.17, 15) is 4.79 Å². The van der Waals surface area contributed by atoms with Gasteiger partial charge in [-0.05, 0) is 6.42 Å². The van der Waals surface area contributed by atoms with Crippen molar-refractivity contribution in [1.82, 2.24) is 5.32 Å². The topological polar surface area (TPSA) is 261 Å². The highest BCUT2D eigenvalue weighted by Crippen LogP contribution is 2.04. The number of hydrogen-bond donors (Lipinski definition) is 9. The van der Waals surface area contributed by atoms with Crippen LogP contribution >= 0.6 is 0 Å². The van der Waals surface area contributed by atoms with E-state index >= 15 is 0 Å². The minimum Gasteiger partial charge on any atom is -0.481 e. The summed E-state index contributed by atoms with van der Waals surface area (Å²) in [7, 11) is 0. The van der Waals surface area contributed by atoms with Crippen molar-refractivity contribution in [2.75, 3.05) is 0 Å². The number of carboxylic acids is 4. The van der Waals surface area contributed by atoms with Crippen molar-refractivity contribution < 1.29 is 39.6 Å². The lowest BCUT2D eigenvalue weighted by Gasteiger charge is -1.95. The molecule has 0 heterocycles. The van der Waals surface area contributed by atoms with Crippen molar-refractivity contribution in [1.29, 1.82) is 10.8 Å². The van der Waals surface area contributed by atoms with Crippen LogP contribution in [0.15, 0.2) is 0 Å². The van der Waals surface area contributed by atoms with Crippen LogP contribution in [0.4, 0.5) is 0 Å². The molecule has 0 radical (unpaired) electrons. The molecule has 0 spiro atoms. The fraction of sp³-hybridized carbons (Fsp3) is 0.625. The smallest absolute Gasteiger partial charge is 0.303 e. The maximum Gasteiger partial charge on any atom is 0.303 e. The molecule has 29 heavy (non-hydrogen) atoms. The molecule has 0 atom stereocenters. The number of carboxylic acid groups (broad SMARTS) is 4. The van der Waals surface area contributed by atoms with E-state index in [0.717, 1.165) is 33.6 Å². The Bertz CT molecular complexity index is 431. The number of hydrogen-bond acceptors (Lipinski definition) is 6. The van der Waals surface area contributed by atoms with Gasteiger partial charge >= 0.3 is 5.97 Å². The van der Waals surface area contributed by atoms with E-state index in [1.807, 2.05) is 5.32 Å². The molecule has 172 valence electrons. The predicted molar refractivity (Wildman–Crippen MR) is 108 cm³/mol. The molecule has 0 aromatic heterocycles. The number of nitrogens with two attached hydrogens (primary N) is 2. The zero-order valence-electron chi connectivity index (χ0n) is 17.3. The maximum absolute atomic E-state index is 10.0. The first-order valence-electron chi connectivity index (χ1n) is 8.35. The van der Waals surface area contributed by atoms with Gasteiger partial charge in [-0.15, -0.1) is 0 Å². The van der Waals surface area contributed by atoms with Crippen LogP contribution in [0.25, 0.3) is 0 Å². The molecule has 0 rings (SSSR count). The molecule has 11 N–H and O–H groups in total. The van der Waals surface area contributed by atoms with E-state index in [2.05, 4.69) is 6.92 Å². The van der Waals surface area contributed by atoms with E-state index in [0.29, 0.717) is 6.42 Å². The van der Waals surface area contributed by atoms with Crippen LogP contribution in [0, 0.1) is 10.8 Å². The molecule has 0 aliphatic heterocycles. The Morgan fingerprint density at radius 3 is 1.17 bits per heavy atom. The van der Waals surface area contributed by atoms with Gasteiger partial charge in [-0.2, -0.15) is 0 Å². The van der Waals surface area contributed by atoms with Crippen molar-refractivity contribution in [3.63, 3.8) is 0 Å². The lowest BCUT2D eigenvalue weighted by atomic mass is 10.1. The first-order chi connectivity index (χ1) is 13.1. The van der Waals surface area contributed by atoms with E-state index in [4.69, 9.17) is 57.1 Å². The number of nitrogens with one attached hydrogen (secondary N) is 3. The number of carbonyl (C=O) groups is 4.